The van der Waals surface area contributed by atoms with Gasteiger partial charge in [-0.1, -0.05) is 30.3 Å². The second-order valence-corrected chi connectivity index (χ2v) is 10.2. The van der Waals surface area contributed by atoms with Crippen LogP contribution in [0.3, 0.4) is 0 Å². The Balaban J connectivity index is 1.58. The lowest BCUT2D eigenvalue weighted by atomic mass is 10.1. The summed E-state index contributed by atoms with van der Waals surface area (Å²) in [6.07, 6.45) is 0.407. The minimum Gasteiger partial charge on any atom is -0.496 e. The number of hydrogen-bond acceptors (Lipinski definition) is 7. The summed E-state index contributed by atoms with van der Waals surface area (Å²) >= 11 is 0. The molecule has 2 aromatic carbocycles. The van der Waals surface area contributed by atoms with Crippen molar-refractivity contribution in [1.29, 1.82) is 0 Å². The van der Waals surface area contributed by atoms with Crippen LogP contribution < -0.4 is 10.3 Å². The van der Waals surface area contributed by atoms with Crippen molar-refractivity contribution in [1.82, 2.24) is 24.1 Å². The van der Waals surface area contributed by atoms with Gasteiger partial charge in [-0.15, -0.1) is 0 Å². The largest absolute Gasteiger partial charge is 0.496 e. The molecule has 1 aliphatic rings. The maximum absolute atomic E-state index is 13.1. The maximum atomic E-state index is 13.1. The fourth-order valence-corrected chi connectivity index (χ4v) is 5.69. The summed E-state index contributed by atoms with van der Waals surface area (Å²) in [6.45, 7) is 0.308. The number of Topliss-reactive ketones (excluding diaryl/α,β-unsaturated/α-hetero) is 1. The van der Waals surface area contributed by atoms with Crippen molar-refractivity contribution in [2.24, 2.45) is 7.05 Å². The molecule has 1 N–H and O–H groups in total. The molecular weight excluding hydrogens is 470 g/mol. The van der Waals surface area contributed by atoms with Crippen molar-refractivity contribution < 1.29 is 17.9 Å². The number of aromatic nitrogens is 4. The number of nitrogens with one attached hydrogen (secondary N) is 1. The van der Waals surface area contributed by atoms with Crippen LogP contribution in [0.1, 0.15) is 12.8 Å². The number of H-pyrrole nitrogens is 1. The smallest absolute Gasteiger partial charge is 0.262 e. The van der Waals surface area contributed by atoms with E-state index in [1.54, 1.807) is 17.8 Å². The Labute approximate surface area is 201 Å². The average molecular weight is 494 g/mol. The molecule has 0 spiro atoms. The van der Waals surface area contributed by atoms with Gasteiger partial charge in [0.15, 0.2) is 5.65 Å². The van der Waals surface area contributed by atoms with Crippen molar-refractivity contribution in [3.8, 4) is 28.4 Å². The zero-order valence-corrected chi connectivity index (χ0v) is 20.0. The Bertz CT molecular complexity index is 1600. The number of fused-ring (bicyclic) bond motifs is 1. The molecule has 5 rings (SSSR count). The standard InChI is InChI=1S/C24H23N5O5S/c1-28-23-20(21(27-28)15-6-4-3-5-7-15)24(31)26-22(25-23)18-9-8-17(14-19(18)34-2)35(32,33)29-12-10-16(30)11-13-29/h3-9,14H,10-13H2,1-2H3,(H,25,26,31). The molecule has 10 nitrogen and oxygen atoms in total. The molecule has 1 fully saturated rings. The number of hydrogen-bond donors (Lipinski definition) is 1. The Morgan fingerprint density at radius 2 is 1.74 bits per heavy atom. The van der Waals surface area contributed by atoms with Gasteiger partial charge >= 0.3 is 0 Å². The van der Waals surface area contributed by atoms with Gasteiger partial charge in [0.25, 0.3) is 5.56 Å². The second-order valence-electron chi connectivity index (χ2n) is 8.26. The quantitative estimate of drug-likeness (QED) is 0.452. The van der Waals surface area contributed by atoms with E-state index in [9.17, 15) is 18.0 Å². The van der Waals surface area contributed by atoms with Gasteiger partial charge in [0, 0.05) is 44.6 Å². The molecule has 0 atom stereocenters. The first-order valence-electron chi connectivity index (χ1n) is 11.0. The van der Waals surface area contributed by atoms with E-state index in [1.165, 1.54) is 23.5 Å². The zero-order chi connectivity index (χ0) is 24.7. The fourth-order valence-electron chi connectivity index (χ4n) is 4.23. The monoisotopic (exact) mass is 493 g/mol. The first kappa shape index (κ1) is 22.9. The maximum Gasteiger partial charge on any atom is 0.262 e. The summed E-state index contributed by atoms with van der Waals surface area (Å²) < 4.78 is 34.5. The molecule has 3 heterocycles. The number of ether oxygens (including phenoxy) is 1. The number of methoxy groups -OCH3 is 1. The molecule has 11 heteroatoms. The molecule has 0 unspecified atom stereocenters. The van der Waals surface area contributed by atoms with Crippen LogP contribution in [0, 0.1) is 0 Å². The number of rotatable bonds is 5. The third-order valence-electron chi connectivity index (χ3n) is 6.09. The average Bonchev–Trinajstić information content (AvgIpc) is 3.21. The predicted octanol–water partition coefficient (Wildman–Crippen LogP) is 2.35. The summed E-state index contributed by atoms with van der Waals surface area (Å²) in [5.74, 6) is 0.530. The van der Waals surface area contributed by atoms with E-state index in [0.29, 0.717) is 22.3 Å². The normalized spacial score (nSPS) is 15.0. The molecule has 0 amide bonds. The van der Waals surface area contributed by atoms with Crippen LogP contribution in [-0.4, -0.2) is 58.5 Å². The number of sulfonamides is 1. The number of nitrogens with zero attached hydrogens (tertiary/aromatic N) is 4. The Morgan fingerprint density at radius 3 is 2.43 bits per heavy atom. The molecule has 0 aliphatic carbocycles. The number of piperidine rings is 1. The van der Waals surface area contributed by atoms with Gasteiger partial charge in [-0.3, -0.25) is 9.59 Å². The molecule has 1 aliphatic heterocycles. The van der Waals surface area contributed by atoms with Crippen LogP contribution in [-0.2, 0) is 21.9 Å². The molecule has 0 saturated carbocycles. The first-order chi connectivity index (χ1) is 16.8. The molecule has 1 saturated heterocycles. The fraction of sp³-hybridized carbons (Fsp3) is 0.250. The van der Waals surface area contributed by atoms with Crippen LogP contribution in [0.25, 0.3) is 33.7 Å². The third-order valence-corrected chi connectivity index (χ3v) is 7.98. The van der Waals surface area contributed by atoms with Crippen LogP contribution >= 0.6 is 0 Å². The van der Waals surface area contributed by atoms with Gasteiger partial charge in [-0.25, -0.2) is 18.1 Å². The number of benzene rings is 2. The van der Waals surface area contributed by atoms with Gasteiger partial charge in [0.2, 0.25) is 10.0 Å². The van der Waals surface area contributed by atoms with Crippen LogP contribution in [0.15, 0.2) is 58.2 Å². The van der Waals surface area contributed by atoms with E-state index in [4.69, 9.17) is 4.74 Å². The number of ketones is 1. The Kier molecular flexibility index (Phi) is 5.73. The van der Waals surface area contributed by atoms with Gasteiger partial charge < -0.3 is 9.72 Å². The van der Waals surface area contributed by atoms with Crippen molar-refractivity contribution in [3.63, 3.8) is 0 Å². The van der Waals surface area contributed by atoms with E-state index in [-0.39, 0.29) is 53.7 Å². The van der Waals surface area contributed by atoms with Crippen molar-refractivity contribution >= 4 is 26.8 Å². The topological polar surface area (TPSA) is 127 Å². The highest BCUT2D eigenvalue weighted by Crippen LogP contribution is 2.32. The minimum atomic E-state index is -3.80. The Morgan fingerprint density at radius 1 is 1.03 bits per heavy atom. The number of carbonyl (C=O) groups excluding carboxylic acids is 1. The lowest BCUT2D eigenvalue weighted by Gasteiger charge is -2.25. The highest BCUT2D eigenvalue weighted by atomic mass is 32.2. The molecule has 180 valence electrons. The molecule has 0 bridgehead atoms. The van der Waals surface area contributed by atoms with E-state index in [2.05, 4.69) is 15.1 Å². The van der Waals surface area contributed by atoms with Gasteiger partial charge in [-0.05, 0) is 12.1 Å². The summed E-state index contributed by atoms with van der Waals surface area (Å²) in [6, 6.07) is 13.8. The summed E-state index contributed by atoms with van der Waals surface area (Å²) in [5, 5.41) is 4.86. The summed E-state index contributed by atoms with van der Waals surface area (Å²) in [7, 11) is -0.670. The number of aryl methyl sites for hydroxylation is 1. The molecular formula is C24H23N5O5S. The first-order valence-corrected chi connectivity index (χ1v) is 12.5. The highest BCUT2D eigenvalue weighted by molar-refractivity contribution is 7.89. The third kappa shape index (κ3) is 4.02. The van der Waals surface area contributed by atoms with E-state index in [0.717, 1.165) is 5.56 Å². The molecule has 4 aromatic rings. The zero-order valence-electron chi connectivity index (χ0n) is 19.2. The van der Waals surface area contributed by atoms with Crippen molar-refractivity contribution in [2.75, 3.05) is 20.2 Å². The van der Waals surface area contributed by atoms with Crippen LogP contribution in [0.2, 0.25) is 0 Å². The number of aromatic amines is 1. The highest BCUT2D eigenvalue weighted by Gasteiger charge is 2.29. The lowest BCUT2D eigenvalue weighted by molar-refractivity contribution is -0.120. The lowest BCUT2D eigenvalue weighted by Crippen LogP contribution is -2.38. The van der Waals surface area contributed by atoms with Crippen molar-refractivity contribution in [2.45, 2.75) is 17.7 Å². The predicted molar refractivity (Wildman–Crippen MR) is 130 cm³/mol. The van der Waals surface area contributed by atoms with Gasteiger partial charge in [0.1, 0.15) is 28.4 Å². The second kappa shape index (κ2) is 8.75. The van der Waals surface area contributed by atoms with Crippen LogP contribution in [0.4, 0.5) is 0 Å². The summed E-state index contributed by atoms with van der Waals surface area (Å²) in [4.78, 5) is 32.1. The Hall–Kier alpha value is -3.83. The van der Waals surface area contributed by atoms with E-state index >= 15 is 0 Å². The SMILES string of the molecule is COc1cc(S(=O)(=O)N2CCC(=O)CC2)ccc1-c1nc2c(c(-c3ccccc3)nn2C)c(=O)[nH]1. The van der Waals surface area contributed by atoms with Gasteiger partial charge in [-0.2, -0.15) is 9.40 Å². The van der Waals surface area contributed by atoms with Gasteiger partial charge in [0.05, 0.1) is 17.6 Å². The van der Waals surface area contributed by atoms with E-state index < -0.39 is 10.0 Å². The van der Waals surface area contributed by atoms with Crippen LogP contribution in [0.5, 0.6) is 5.75 Å². The molecule has 2 aromatic heterocycles. The van der Waals surface area contributed by atoms with Crippen molar-refractivity contribution in [3.05, 3.63) is 58.9 Å². The molecule has 35 heavy (non-hydrogen) atoms. The minimum absolute atomic E-state index is 0.0442. The molecule has 0 radical (unpaired) electrons. The van der Waals surface area contributed by atoms with E-state index in [1.807, 2.05) is 30.3 Å². The summed E-state index contributed by atoms with van der Waals surface area (Å²) in [5.41, 5.74) is 1.77. The number of carbonyl (C=O) groups is 1.